The molecule has 24 heavy (non-hydrogen) atoms. The highest BCUT2D eigenvalue weighted by Crippen LogP contribution is 2.40. The minimum absolute atomic E-state index is 0.0279. The summed E-state index contributed by atoms with van der Waals surface area (Å²) in [5.74, 6) is -1.27. The second-order valence-electron chi connectivity index (χ2n) is 4.66. The molecule has 0 aromatic heterocycles. The fourth-order valence-electron chi connectivity index (χ4n) is 2.08. The van der Waals surface area contributed by atoms with Crippen molar-refractivity contribution in [2.45, 2.75) is 19.2 Å². The maximum Gasteiger partial charge on any atom is 0.430 e. The van der Waals surface area contributed by atoms with E-state index in [9.17, 15) is 22.9 Å². The summed E-state index contributed by atoms with van der Waals surface area (Å²) >= 11 is 3.22. The van der Waals surface area contributed by atoms with E-state index in [4.69, 9.17) is 4.74 Å². The van der Waals surface area contributed by atoms with Gasteiger partial charge in [-0.25, -0.2) is 9.63 Å². The van der Waals surface area contributed by atoms with E-state index in [0.717, 1.165) is 6.08 Å². The van der Waals surface area contributed by atoms with Crippen LogP contribution >= 0.6 is 15.9 Å². The Labute approximate surface area is 141 Å². The molecule has 1 aliphatic rings. The summed E-state index contributed by atoms with van der Waals surface area (Å²) < 4.78 is 49.8. The van der Waals surface area contributed by atoms with Crippen molar-refractivity contribution in [1.29, 1.82) is 0 Å². The Morgan fingerprint density at radius 1 is 1.46 bits per heavy atom. The van der Waals surface area contributed by atoms with Crippen LogP contribution in [-0.4, -0.2) is 25.0 Å². The molecule has 1 aromatic rings. The second kappa shape index (κ2) is 7.18. The van der Waals surface area contributed by atoms with Crippen LogP contribution in [0.2, 0.25) is 0 Å². The molecule has 1 aliphatic heterocycles. The number of benzene rings is 1. The predicted molar refractivity (Wildman–Crippen MR) is 78.3 cm³/mol. The third kappa shape index (κ3) is 4.03. The van der Waals surface area contributed by atoms with E-state index in [2.05, 4.69) is 30.8 Å². The first kappa shape index (κ1) is 18.2. The van der Waals surface area contributed by atoms with Gasteiger partial charge in [-0.05, 0) is 30.7 Å². The average molecular weight is 411 g/mol. The van der Waals surface area contributed by atoms with Crippen molar-refractivity contribution in [1.82, 2.24) is 5.59 Å². The average Bonchev–Trinajstić information content (AvgIpc) is 2.49. The van der Waals surface area contributed by atoms with Gasteiger partial charge in [0.15, 0.2) is 0 Å². The molecule has 1 N–H and O–H groups in total. The zero-order chi connectivity index (χ0) is 17.9. The van der Waals surface area contributed by atoms with Gasteiger partial charge in [0.2, 0.25) is 12.9 Å². The third-order valence-electron chi connectivity index (χ3n) is 2.98. The van der Waals surface area contributed by atoms with Gasteiger partial charge in [-0.2, -0.15) is 13.2 Å². The zero-order valence-corrected chi connectivity index (χ0v) is 13.6. The fraction of sp³-hybridized carbons (Fsp3) is 0.308. The number of esters is 1. The molecule has 1 heterocycles. The Bertz CT molecular complexity index is 693. The lowest BCUT2D eigenvalue weighted by molar-refractivity contribution is -0.191. The number of fused-ring (bicyclic) bond motifs is 1. The Hall–Kier alpha value is -2.14. The Morgan fingerprint density at radius 2 is 2.17 bits per heavy atom. The number of alkyl halides is 3. The lowest BCUT2D eigenvalue weighted by Gasteiger charge is -2.28. The number of hydrogen-bond acceptors (Lipinski definition) is 6. The molecular weight excluding hydrogens is 401 g/mol. The number of rotatable bonds is 5. The van der Waals surface area contributed by atoms with Gasteiger partial charge in [-0.1, -0.05) is 15.9 Å². The SMILES string of the molecule is Cc1cc(Br)cc2c1O[C@H](C(F)(F)F)C(C(=O)OCONN=O)=C2. The van der Waals surface area contributed by atoms with E-state index < -0.39 is 30.6 Å². The van der Waals surface area contributed by atoms with Gasteiger partial charge in [0.1, 0.15) is 5.75 Å². The molecule has 0 saturated heterocycles. The molecule has 0 saturated carbocycles. The van der Waals surface area contributed by atoms with Crippen molar-refractivity contribution < 1.29 is 32.3 Å². The smallest absolute Gasteiger partial charge is 0.430 e. The van der Waals surface area contributed by atoms with E-state index in [1.807, 2.05) is 0 Å². The molecule has 130 valence electrons. The number of carbonyl (C=O) groups is 1. The number of carbonyl (C=O) groups excluding carboxylic acids is 1. The van der Waals surface area contributed by atoms with Crippen LogP contribution < -0.4 is 10.3 Å². The molecule has 1 aromatic carbocycles. The highest BCUT2D eigenvalue weighted by molar-refractivity contribution is 9.10. The van der Waals surface area contributed by atoms with E-state index in [1.54, 1.807) is 13.0 Å². The molecule has 0 fully saturated rings. The maximum atomic E-state index is 13.2. The molecular formula is C13H10BrF3N2O5. The second-order valence-corrected chi connectivity index (χ2v) is 5.57. The highest BCUT2D eigenvalue weighted by atomic mass is 79.9. The molecule has 0 bridgehead atoms. The molecule has 2 rings (SSSR count). The number of hydrogen-bond donors (Lipinski definition) is 1. The van der Waals surface area contributed by atoms with Gasteiger partial charge in [0, 0.05) is 10.0 Å². The number of nitrogens with one attached hydrogen (secondary N) is 1. The molecule has 0 amide bonds. The van der Waals surface area contributed by atoms with Crippen LogP contribution in [0.15, 0.2) is 27.5 Å². The van der Waals surface area contributed by atoms with Crippen LogP contribution in [0.25, 0.3) is 6.08 Å². The zero-order valence-electron chi connectivity index (χ0n) is 12.0. The molecule has 11 heteroatoms. The van der Waals surface area contributed by atoms with E-state index in [0.29, 0.717) is 15.6 Å². The lowest BCUT2D eigenvalue weighted by atomic mass is 9.99. The van der Waals surface area contributed by atoms with Crippen LogP contribution in [-0.2, 0) is 14.4 Å². The first-order valence-electron chi connectivity index (χ1n) is 6.35. The topological polar surface area (TPSA) is 86.2 Å². The molecule has 0 aliphatic carbocycles. The van der Waals surface area contributed by atoms with Crippen LogP contribution in [0.1, 0.15) is 11.1 Å². The Kier molecular flexibility index (Phi) is 5.44. The summed E-state index contributed by atoms with van der Waals surface area (Å²) in [5.41, 5.74) is 1.52. The number of halogens is 4. The minimum atomic E-state index is -4.83. The molecule has 0 unspecified atom stereocenters. The normalized spacial score (nSPS) is 16.5. The van der Waals surface area contributed by atoms with Crippen LogP contribution in [0.3, 0.4) is 0 Å². The summed E-state index contributed by atoms with van der Waals surface area (Å²) in [6, 6.07) is 3.10. The monoisotopic (exact) mass is 410 g/mol. The number of aryl methyl sites for hydroxylation is 1. The summed E-state index contributed by atoms with van der Waals surface area (Å²) in [5, 5.41) is 2.11. The number of nitrogens with zero attached hydrogens (tertiary/aromatic N) is 1. The predicted octanol–water partition coefficient (Wildman–Crippen LogP) is 3.17. The van der Waals surface area contributed by atoms with Gasteiger partial charge < -0.3 is 9.47 Å². The van der Waals surface area contributed by atoms with Crippen molar-refractivity contribution in [2.75, 3.05) is 6.79 Å². The molecule has 0 spiro atoms. The molecule has 0 radical (unpaired) electrons. The summed E-state index contributed by atoms with van der Waals surface area (Å²) in [6.45, 7) is 0.775. The summed E-state index contributed by atoms with van der Waals surface area (Å²) in [4.78, 5) is 25.9. The Balaban J connectivity index is 2.34. The van der Waals surface area contributed by atoms with Gasteiger partial charge in [-0.3, -0.25) is 0 Å². The quantitative estimate of drug-likeness (QED) is 0.264. The van der Waals surface area contributed by atoms with Crippen molar-refractivity contribution >= 4 is 28.0 Å². The van der Waals surface area contributed by atoms with Crippen molar-refractivity contribution in [3.05, 3.63) is 38.2 Å². The van der Waals surface area contributed by atoms with E-state index in [1.165, 1.54) is 11.7 Å². The number of ether oxygens (including phenoxy) is 2. The number of nitroso groups, excluding NO2 is 1. The maximum absolute atomic E-state index is 13.2. The van der Waals surface area contributed by atoms with Crippen LogP contribution in [0, 0.1) is 11.8 Å². The van der Waals surface area contributed by atoms with Crippen molar-refractivity contribution in [3.8, 4) is 5.75 Å². The minimum Gasteiger partial charge on any atom is -0.475 e. The summed E-state index contributed by atoms with van der Waals surface area (Å²) in [7, 11) is 0. The van der Waals surface area contributed by atoms with Gasteiger partial charge >= 0.3 is 12.1 Å². The molecule has 7 nitrogen and oxygen atoms in total. The highest BCUT2D eigenvalue weighted by Gasteiger charge is 2.49. The largest absolute Gasteiger partial charge is 0.475 e. The molecule has 1 atom stereocenters. The van der Waals surface area contributed by atoms with E-state index in [-0.39, 0.29) is 5.75 Å². The van der Waals surface area contributed by atoms with Crippen LogP contribution in [0.5, 0.6) is 5.75 Å². The summed E-state index contributed by atoms with van der Waals surface area (Å²) in [6.07, 6.45) is -6.26. The van der Waals surface area contributed by atoms with Gasteiger partial charge in [0.25, 0.3) is 0 Å². The first-order valence-corrected chi connectivity index (χ1v) is 7.14. The van der Waals surface area contributed by atoms with Crippen molar-refractivity contribution in [2.24, 2.45) is 5.29 Å². The van der Waals surface area contributed by atoms with Gasteiger partial charge in [-0.15, -0.1) is 10.5 Å². The lowest BCUT2D eigenvalue weighted by Crippen LogP contribution is -2.41. The van der Waals surface area contributed by atoms with Gasteiger partial charge in [0.05, 0.1) is 10.9 Å². The Morgan fingerprint density at radius 3 is 2.79 bits per heavy atom. The third-order valence-corrected chi connectivity index (χ3v) is 3.44. The fourth-order valence-corrected chi connectivity index (χ4v) is 2.67. The van der Waals surface area contributed by atoms with Crippen LogP contribution in [0.4, 0.5) is 13.2 Å². The first-order chi connectivity index (χ1) is 11.2. The van der Waals surface area contributed by atoms with Crippen molar-refractivity contribution in [3.63, 3.8) is 0 Å². The standard InChI is InChI=1S/C13H10BrF3N2O5/c1-6-2-8(14)3-7-4-9(12(20)22-5-23-19-18-21)11(13(15,16)17)24-10(6)7/h2-4,11H,5H2,1H3,(H,19,21)/t11-/m0/s1. The van der Waals surface area contributed by atoms with E-state index >= 15 is 0 Å².